The molecule has 0 aliphatic heterocycles. The van der Waals surface area contributed by atoms with Crippen LogP contribution in [0.5, 0.6) is 0 Å². The van der Waals surface area contributed by atoms with E-state index < -0.39 is 5.97 Å². The van der Waals surface area contributed by atoms with Crippen LogP contribution in [0.3, 0.4) is 0 Å². The molecule has 2 N–H and O–H groups in total. The number of nitrogens with one attached hydrogen (secondary N) is 1. The largest absolute Gasteiger partial charge is 0.478 e. The minimum atomic E-state index is -1.06. The Morgan fingerprint density at radius 2 is 2.05 bits per heavy atom. The average Bonchev–Trinajstić information content (AvgIpc) is 2.48. The molecule has 1 unspecified atom stereocenters. The zero-order valence-electron chi connectivity index (χ0n) is 11.2. The number of rotatable bonds is 4. The molecule has 0 saturated carbocycles. The number of benzene rings is 1. The molecule has 5 nitrogen and oxygen atoms in total. The summed E-state index contributed by atoms with van der Waals surface area (Å²) in [7, 11) is 0. The van der Waals surface area contributed by atoms with Gasteiger partial charge in [0.2, 0.25) is 0 Å². The van der Waals surface area contributed by atoms with E-state index in [0.717, 1.165) is 6.42 Å². The molecule has 2 aromatic rings. The first-order chi connectivity index (χ1) is 10.1. The van der Waals surface area contributed by atoms with Crippen LogP contribution in [-0.2, 0) is 6.42 Å². The second-order valence-corrected chi connectivity index (χ2v) is 5.05. The molecule has 1 aromatic carbocycles. The first-order valence-corrected chi connectivity index (χ1v) is 6.70. The summed E-state index contributed by atoms with van der Waals surface area (Å²) in [5.74, 6) is -0.986. The van der Waals surface area contributed by atoms with Gasteiger partial charge in [0.25, 0.3) is 5.91 Å². The van der Waals surface area contributed by atoms with Gasteiger partial charge in [-0.3, -0.25) is 9.78 Å². The molecule has 1 heterocycles. The highest BCUT2D eigenvalue weighted by Gasteiger charge is 2.25. The van der Waals surface area contributed by atoms with Gasteiger partial charge in [-0.1, -0.05) is 24.3 Å². The van der Waals surface area contributed by atoms with Crippen molar-refractivity contribution in [3.8, 4) is 0 Å². The standard InChI is InChI=1S/C16H14N2O3/c19-15(14-6-5-11(8-17-14)16(20)21)18-9-12-7-10-3-1-2-4-13(10)12/h1-6,8,12H,7,9H2,(H,18,19)(H,20,21). The van der Waals surface area contributed by atoms with E-state index in [2.05, 4.69) is 22.4 Å². The van der Waals surface area contributed by atoms with Crippen LogP contribution in [0, 0.1) is 0 Å². The van der Waals surface area contributed by atoms with Crippen molar-refractivity contribution in [2.45, 2.75) is 12.3 Å². The molecule has 106 valence electrons. The van der Waals surface area contributed by atoms with Gasteiger partial charge >= 0.3 is 5.97 Å². The number of carboxylic acid groups (broad SMARTS) is 1. The van der Waals surface area contributed by atoms with Gasteiger partial charge in [0.15, 0.2) is 0 Å². The molecule has 5 heteroatoms. The highest BCUT2D eigenvalue weighted by atomic mass is 16.4. The fourth-order valence-electron chi connectivity index (χ4n) is 2.51. The number of amides is 1. The Labute approximate surface area is 121 Å². The van der Waals surface area contributed by atoms with Gasteiger partial charge in [0, 0.05) is 18.7 Å². The third-order valence-electron chi connectivity index (χ3n) is 3.71. The zero-order valence-corrected chi connectivity index (χ0v) is 11.2. The molecule has 1 amide bonds. The van der Waals surface area contributed by atoms with Crippen LogP contribution in [0.15, 0.2) is 42.6 Å². The van der Waals surface area contributed by atoms with Gasteiger partial charge in [-0.05, 0) is 29.7 Å². The Bertz CT molecular complexity index is 695. The highest BCUT2D eigenvalue weighted by molar-refractivity contribution is 5.93. The number of carboxylic acids is 1. The number of aromatic carboxylic acids is 1. The van der Waals surface area contributed by atoms with Gasteiger partial charge in [0.1, 0.15) is 5.69 Å². The van der Waals surface area contributed by atoms with Crippen LogP contribution in [0.1, 0.15) is 37.9 Å². The Hall–Kier alpha value is -2.69. The number of fused-ring (bicyclic) bond motifs is 1. The maximum Gasteiger partial charge on any atom is 0.337 e. The molecule has 1 aliphatic carbocycles. The van der Waals surface area contributed by atoms with E-state index in [1.54, 1.807) is 0 Å². The molecule has 21 heavy (non-hydrogen) atoms. The summed E-state index contributed by atoms with van der Waals surface area (Å²) < 4.78 is 0. The van der Waals surface area contributed by atoms with E-state index in [4.69, 9.17) is 5.11 Å². The maximum absolute atomic E-state index is 12.0. The van der Waals surface area contributed by atoms with Gasteiger partial charge in [-0.2, -0.15) is 0 Å². The average molecular weight is 282 g/mol. The van der Waals surface area contributed by atoms with Crippen molar-refractivity contribution < 1.29 is 14.7 Å². The minimum Gasteiger partial charge on any atom is -0.478 e. The van der Waals surface area contributed by atoms with Crippen LogP contribution in [0.25, 0.3) is 0 Å². The fraction of sp³-hybridized carbons (Fsp3) is 0.188. The predicted molar refractivity (Wildman–Crippen MR) is 76.4 cm³/mol. The van der Waals surface area contributed by atoms with Crippen molar-refractivity contribution in [1.82, 2.24) is 10.3 Å². The summed E-state index contributed by atoms with van der Waals surface area (Å²) >= 11 is 0. The predicted octanol–water partition coefficient (Wildman–Crippen LogP) is 1.85. The van der Waals surface area contributed by atoms with Gasteiger partial charge in [0.05, 0.1) is 5.56 Å². The normalized spacial score (nSPS) is 15.7. The Kier molecular flexibility index (Phi) is 3.39. The third kappa shape index (κ3) is 2.63. The number of hydrogen-bond acceptors (Lipinski definition) is 3. The van der Waals surface area contributed by atoms with Crippen molar-refractivity contribution in [2.24, 2.45) is 0 Å². The summed E-state index contributed by atoms with van der Waals surface area (Å²) in [5.41, 5.74) is 2.92. The van der Waals surface area contributed by atoms with Crippen LogP contribution < -0.4 is 5.32 Å². The van der Waals surface area contributed by atoms with E-state index in [-0.39, 0.29) is 17.2 Å². The van der Waals surface area contributed by atoms with Gasteiger partial charge in [-0.25, -0.2) is 4.79 Å². The van der Waals surface area contributed by atoms with E-state index in [0.29, 0.717) is 12.5 Å². The molecule has 0 fully saturated rings. The first kappa shape index (κ1) is 13.3. The number of aromatic nitrogens is 1. The van der Waals surface area contributed by atoms with E-state index in [9.17, 15) is 9.59 Å². The second kappa shape index (κ2) is 5.36. The molecule has 1 aliphatic rings. The maximum atomic E-state index is 12.0. The number of pyridine rings is 1. The van der Waals surface area contributed by atoms with Crippen LogP contribution in [0.4, 0.5) is 0 Å². The monoisotopic (exact) mass is 282 g/mol. The summed E-state index contributed by atoms with van der Waals surface area (Å²) in [6.07, 6.45) is 2.16. The molecule has 3 rings (SSSR count). The van der Waals surface area contributed by atoms with Gasteiger partial charge in [-0.15, -0.1) is 0 Å². The lowest BCUT2D eigenvalue weighted by atomic mass is 9.77. The number of nitrogens with zero attached hydrogens (tertiary/aromatic N) is 1. The summed E-state index contributed by atoms with van der Waals surface area (Å²) in [5, 5.41) is 11.6. The number of carbonyl (C=O) groups excluding carboxylic acids is 1. The molecule has 0 radical (unpaired) electrons. The molecular formula is C16H14N2O3. The summed E-state index contributed by atoms with van der Waals surface area (Å²) in [4.78, 5) is 26.6. The molecule has 0 bridgehead atoms. The highest BCUT2D eigenvalue weighted by Crippen LogP contribution is 2.33. The third-order valence-corrected chi connectivity index (χ3v) is 3.71. The molecule has 1 atom stereocenters. The number of hydrogen-bond donors (Lipinski definition) is 2. The van der Waals surface area contributed by atoms with Crippen molar-refractivity contribution >= 4 is 11.9 Å². The van der Waals surface area contributed by atoms with Crippen molar-refractivity contribution in [3.05, 3.63) is 65.0 Å². The summed E-state index contributed by atoms with van der Waals surface area (Å²) in [6.45, 7) is 0.568. The van der Waals surface area contributed by atoms with Crippen LogP contribution in [-0.4, -0.2) is 28.5 Å². The first-order valence-electron chi connectivity index (χ1n) is 6.70. The van der Waals surface area contributed by atoms with E-state index in [1.165, 1.54) is 29.5 Å². The zero-order chi connectivity index (χ0) is 14.8. The fourth-order valence-corrected chi connectivity index (χ4v) is 2.51. The Morgan fingerprint density at radius 1 is 1.24 bits per heavy atom. The molecule has 0 spiro atoms. The SMILES string of the molecule is O=C(O)c1ccc(C(=O)NCC2Cc3ccccc32)nc1. The topological polar surface area (TPSA) is 79.3 Å². The summed E-state index contributed by atoms with van der Waals surface area (Å²) in [6, 6.07) is 11.0. The number of carbonyl (C=O) groups is 2. The van der Waals surface area contributed by atoms with Gasteiger partial charge < -0.3 is 10.4 Å². The van der Waals surface area contributed by atoms with E-state index in [1.807, 2.05) is 12.1 Å². The Balaban J connectivity index is 1.59. The van der Waals surface area contributed by atoms with Crippen LogP contribution >= 0.6 is 0 Å². The lowest BCUT2D eigenvalue weighted by molar-refractivity contribution is 0.0695. The van der Waals surface area contributed by atoms with Crippen molar-refractivity contribution in [1.29, 1.82) is 0 Å². The van der Waals surface area contributed by atoms with Crippen molar-refractivity contribution in [2.75, 3.05) is 6.54 Å². The second-order valence-electron chi connectivity index (χ2n) is 5.05. The minimum absolute atomic E-state index is 0.0690. The quantitative estimate of drug-likeness (QED) is 0.897. The Morgan fingerprint density at radius 3 is 2.71 bits per heavy atom. The lowest BCUT2D eigenvalue weighted by Gasteiger charge is -2.30. The molecule has 0 saturated heterocycles. The van der Waals surface area contributed by atoms with E-state index >= 15 is 0 Å². The molecular weight excluding hydrogens is 268 g/mol. The van der Waals surface area contributed by atoms with Crippen molar-refractivity contribution in [3.63, 3.8) is 0 Å². The smallest absolute Gasteiger partial charge is 0.337 e. The molecule has 1 aromatic heterocycles. The lowest BCUT2D eigenvalue weighted by Crippen LogP contribution is -2.33. The van der Waals surface area contributed by atoms with Crippen LogP contribution in [0.2, 0.25) is 0 Å².